The zero-order valence-corrected chi connectivity index (χ0v) is 12.0. The van der Waals surface area contributed by atoms with Crippen molar-refractivity contribution in [1.82, 2.24) is 14.1 Å². The molecule has 118 valence electrons. The van der Waals surface area contributed by atoms with Gasteiger partial charge in [0.15, 0.2) is 0 Å². The average molecular weight is 377 g/mol. The zero-order valence-electron chi connectivity index (χ0n) is 9.22. The predicted molar refractivity (Wildman–Crippen MR) is 59.2 cm³/mol. The number of benzene rings is 1. The van der Waals surface area contributed by atoms with Crippen LogP contribution in [-0.2, 0) is 0 Å². The van der Waals surface area contributed by atoms with Crippen molar-refractivity contribution in [3.05, 3.63) is 29.1 Å². The number of hydrogen-bond donors (Lipinski definition) is 1. The molecule has 1 aromatic rings. The van der Waals surface area contributed by atoms with Crippen LogP contribution in [0.3, 0.4) is 0 Å². The molecule has 1 aliphatic heterocycles. The summed E-state index contributed by atoms with van der Waals surface area (Å²) >= 11 is 0. The van der Waals surface area contributed by atoms with Crippen molar-refractivity contribution >= 4 is 25.9 Å². The maximum atomic E-state index is 13.4. The Morgan fingerprint density at radius 3 is 1.90 bits per heavy atom. The summed E-state index contributed by atoms with van der Waals surface area (Å²) < 4.78 is 103. The topological polar surface area (TPSA) is 27.7 Å². The first-order valence-electron chi connectivity index (χ1n) is 4.64. The molecule has 15 heteroatoms. The summed E-state index contributed by atoms with van der Waals surface area (Å²) in [4.78, 5) is 5.93. The predicted octanol–water partition coefficient (Wildman–Crippen LogP) is 4.67. The van der Waals surface area contributed by atoms with Crippen molar-refractivity contribution < 1.29 is 39.7 Å². The molecule has 0 aliphatic carbocycles. The van der Waals surface area contributed by atoms with Crippen LogP contribution in [0.4, 0.5) is 34.8 Å². The van der Waals surface area contributed by atoms with E-state index in [0.717, 1.165) is 0 Å². The quantitative estimate of drug-likeness (QED) is 0.267. The standard InChI is InChI=1S/C6H2F8N3OP3/c7-1-2(8)4(10)6(5(11)3(1)9)18-17-19-15-20(13)16(12)21(17)14/h15,19H. The molecule has 1 aliphatic rings. The maximum absolute atomic E-state index is 13.4. The van der Waals surface area contributed by atoms with Gasteiger partial charge in [0.2, 0.25) is 34.8 Å². The van der Waals surface area contributed by atoms with Crippen LogP contribution in [0, 0.1) is 29.1 Å². The van der Waals surface area contributed by atoms with E-state index in [0.29, 0.717) is 0 Å². The third-order valence-electron chi connectivity index (χ3n) is 2.02. The Bertz CT molecular complexity index is 538. The Balaban J connectivity index is 2.32. The Hall–Kier alpha value is -0.370. The molecule has 3 unspecified atom stereocenters. The minimum atomic E-state index is -3.62. The average Bonchev–Trinajstić information content (AvgIpc) is 2.47. The second-order valence-electron chi connectivity index (χ2n) is 3.23. The van der Waals surface area contributed by atoms with Crippen LogP contribution in [0.2, 0.25) is 0 Å². The van der Waals surface area contributed by atoms with Crippen molar-refractivity contribution in [2.45, 2.75) is 0 Å². The summed E-state index contributed by atoms with van der Waals surface area (Å²) in [7, 11) is -7.92. The van der Waals surface area contributed by atoms with E-state index in [9.17, 15) is 34.8 Å². The van der Waals surface area contributed by atoms with Gasteiger partial charge in [0.1, 0.15) is 0 Å². The van der Waals surface area contributed by atoms with E-state index in [4.69, 9.17) is 0 Å². The molecule has 1 saturated heterocycles. The Kier molecular flexibility index (Phi) is 5.18. The van der Waals surface area contributed by atoms with Crippen LogP contribution in [0.15, 0.2) is 0 Å². The van der Waals surface area contributed by atoms with Crippen molar-refractivity contribution in [3.8, 4) is 5.75 Å². The van der Waals surface area contributed by atoms with Gasteiger partial charge in [0.05, 0.1) is 8.88 Å². The van der Waals surface area contributed by atoms with E-state index >= 15 is 0 Å². The van der Waals surface area contributed by atoms with E-state index in [-0.39, 0.29) is 4.60 Å². The van der Waals surface area contributed by atoms with Crippen LogP contribution in [0.25, 0.3) is 0 Å². The molecule has 1 heterocycles. The molecule has 1 fully saturated rings. The molecule has 4 nitrogen and oxygen atoms in total. The Labute approximate surface area is 115 Å². The summed E-state index contributed by atoms with van der Waals surface area (Å²) in [6.07, 6.45) is 0. The number of hydrogen-bond acceptors (Lipinski definition) is 4. The van der Waals surface area contributed by atoms with E-state index in [1.54, 1.807) is 4.86 Å². The second kappa shape index (κ2) is 6.40. The first-order valence-corrected chi connectivity index (χ1v) is 7.91. The highest BCUT2D eigenvalue weighted by molar-refractivity contribution is 7.74. The van der Waals surface area contributed by atoms with Gasteiger partial charge in [-0.25, -0.2) is 18.0 Å². The number of nitrogens with one attached hydrogen (secondary N) is 1. The molecule has 3 atom stereocenters. The van der Waals surface area contributed by atoms with Crippen LogP contribution in [-0.4, -0.2) is 9.27 Å². The highest BCUT2D eigenvalue weighted by atomic mass is 31.3. The van der Waals surface area contributed by atoms with E-state index in [2.05, 4.69) is 4.84 Å². The second-order valence-corrected chi connectivity index (χ2v) is 7.51. The third-order valence-corrected chi connectivity index (χ3v) is 6.09. The van der Waals surface area contributed by atoms with Gasteiger partial charge in [-0.2, -0.15) is 17.2 Å². The van der Waals surface area contributed by atoms with Gasteiger partial charge in [0, 0.05) is 0 Å². The fourth-order valence-corrected chi connectivity index (χ4v) is 4.86. The fraction of sp³-hybridized carbons (Fsp3) is 0. The zero-order chi connectivity index (χ0) is 15.9. The minimum Gasteiger partial charge on any atom is -0.387 e. The molecule has 0 bridgehead atoms. The lowest BCUT2D eigenvalue weighted by Gasteiger charge is -2.32. The van der Waals surface area contributed by atoms with Crippen molar-refractivity contribution in [1.29, 1.82) is 0 Å². The largest absolute Gasteiger partial charge is 0.387 e. The number of rotatable bonds is 2. The lowest BCUT2D eigenvalue weighted by Crippen LogP contribution is -2.26. The molecule has 1 N–H and O–H groups in total. The van der Waals surface area contributed by atoms with Crippen LogP contribution >= 0.6 is 25.9 Å². The first-order chi connectivity index (χ1) is 9.75. The van der Waals surface area contributed by atoms with E-state index in [1.807, 2.05) is 0 Å². The lowest BCUT2D eigenvalue weighted by molar-refractivity contribution is 0.0956. The maximum Gasteiger partial charge on any atom is 0.311 e. The number of halogens is 8. The summed E-state index contributed by atoms with van der Waals surface area (Å²) in [6.45, 7) is 0. The van der Waals surface area contributed by atoms with Gasteiger partial charge >= 0.3 is 8.53 Å². The molecule has 0 radical (unpaired) electrons. The van der Waals surface area contributed by atoms with Crippen LogP contribution < -0.4 is 9.70 Å². The van der Waals surface area contributed by atoms with E-state index < -0.39 is 65.4 Å². The van der Waals surface area contributed by atoms with E-state index in [1.165, 1.54) is 0 Å². The summed E-state index contributed by atoms with van der Waals surface area (Å²) in [5.74, 6) is -13.6. The van der Waals surface area contributed by atoms with Gasteiger partial charge in [-0.05, 0) is 9.27 Å². The SMILES string of the molecule is Fc1c(F)c(F)c(ON2PNP(F)N(F)P2F)c(F)c1F. The smallest absolute Gasteiger partial charge is 0.311 e. The molecule has 1 aromatic carbocycles. The highest BCUT2D eigenvalue weighted by Crippen LogP contribution is 2.67. The lowest BCUT2D eigenvalue weighted by atomic mass is 10.3. The molecular formula is C6H2F8N3OP3. The van der Waals surface area contributed by atoms with Gasteiger partial charge in [-0.1, -0.05) is 0 Å². The minimum absolute atomic E-state index is 0.0912. The highest BCUT2D eigenvalue weighted by Gasteiger charge is 2.42. The van der Waals surface area contributed by atoms with Gasteiger partial charge < -0.3 is 4.84 Å². The van der Waals surface area contributed by atoms with Crippen molar-refractivity contribution in [2.24, 2.45) is 0 Å². The van der Waals surface area contributed by atoms with Crippen LogP contribution in [0.5, 0.6) is 5.75 Å². The molecule has 21 heavy (non-hydrogen) atoms. The normalized spacial score (nSPS) is 25.5. The summed E-state index contributed by atoms with van der Waals surface area (Å²) in [5, 5.41) is 0. The molecule has 0 aromatic heterocycles. The third kappa shape index (κ3) is 3.06. The fourth-order valence-electron chi connectivity index (χ4n) is 1.11. The monoisotopic (exact) mass is 377 g/mol. The summed E-state index contributed by atoms with van der Waals surface area (Å²) in [5.41, 5.74) is 0. The number of nitrogens with zero attached hydrogens (tertiary/aromatic N) is 2. The summed E-state index contributed by atoms with van der Waals surface area (Å²) in [6, 6.07) is 0. The molecule has 0 amide bonds. The first kappa shape index (κ1) is 17.0. The van der Waals surface area contributed by atoms with Crippen LogP contribution in [0.1, 0.15) is 0 Å². The van der Waals surface area contributed by atoms with Gasteiger partial charge in [0.25, 0.3) is 8.53 Å². The molecule has 0 spiro atoms. The van der Waals surface area contributed by atoms with Crippen molar-refractivity contribution in [2.75, 3.05) is 0 Å². The Morgan fingerprint density at radius 1 is 0.905 bits per heavy atom. The van der Waals surface area contributed by atoms with Crippen molar-refractivity contribution in [3.63, 3.8) is 0 Å². The Morgan fingerprint density at radius 2 is 1.38 bits per heavy atom. The van der Waals surface area contributed by atoms with Gasteiger partial charge in [-0.3, -0.25) is 0 Å². The van der Waals surface area contributed by atoms with Gasteiger partial charge in [-0.15, -0.1) is 4.48 Å². The molecular weight excluding hydrogens is 375 g/mol. The molecule has 0 saturated carbocycles. The molecule has 2 rings (SSSR count).